The van der Waals surface area contributed by atoms with Crippen LogP contribution >= 0.6 is 11.6 Å². The number of nitrogens with one attached hydrogen (secondary N) is 1. The number of rotatable bonds is 6. The van der Waals surface area contributed by atoms with Gasteiger partial charge in [-0.15, -0.1) is 0 Å². The number of carboxylic acid groups (broad SMARTS) is 1. The number of amides is 1. The van der Waals surface area contributed by atoms with Crippen LogP contribution in [-0.2, 0) is 4.79 Å². The molecule has 104 valence electrons. The second-order valence-electron chi connectivity index (χ2n) is 4.45. The zero-order valence-electron chi connectivity index (χ0n) is 11.1. The minimum Gasteiger partial charge on any atom is -0.481 e. The van der Waals surface area contributed by atoms with Crippen LogP contribution in [0.15, 0.2) is 18.2 Å². The minimum atomic E-state index is -0.884. The van der Waals surface area contributed by atoms with E-state index in [1.54, 1.807) is 25.1 Å². The fourth-order valence-corrected chi connectivity index (χ4v) is 2.00. The highest BCUT2D eigenvalue weighted by Gasteiger charge is 2.18. The normalized spacial score (nSPS) is 11.9. The van der Waals surface area contributed by atoms with Crippen LogP contribution in [0.1, 0.15) is 35.7 Å². The van der Waals surface area contributed by atoms with Gasteiger partial charge in [0.15, 0.2) is 0 Å². The van der Waals surface area contributed by atoms with Crippen molar-refractivity contribution >= 4 is 23.5 Å². The lowest BCUT2D eigenvalue weighted by atomic mass is 10.0. The van der Waals surface area contributed by atoms with E-state index in [0.717, 1.165) is 6.42 Å². The zero-order chi connectivity index (χ0) is 14.4. The molecule has 1 unspecified atom stereocenters. The molecular formula is C14H18ClNO3. The molecule has 0 aliphatic heterocycles. The van der Waals surface area contributed by atoms with Gasteiger partial charge in [0.25, 0.3) is 5.91 Å². The first kappa shape index (κ1) is 15.5. The van der Waals surface area contributed by atoms with Crippen LogP contribution in [0, 0.1) is 12.8 Å². The van der Waals surface area contributed by atoms with Crippen LogP contribution in [0.4, 0.5) is 0 Å². The van der Waals surface area contributed by atoms with E-state index >= 15 is 0 Å². The summed E-state index contributed by atoms with van der Waals surface area (Å²) in [6.07, 6.45) is 1.31. The van der Waals surface area contributed by atoms with Gasteiger partial charge in [-0.05, 0) is 31.0 Å². The van der Waals surface area contributed by atoms with Crippen molar-refractivity contribution in [2.75, 3.05) is 6.54 Å². The van der Waals surface area contributed by atoms with E-state index in [1.165, 1.54) is 0 Å². The average molecular weight is 284 g/mol. The number of aliphatic carboxylic acids is 1. The Morgan fingerprint density at radius 2 is 2.11 bits per heavy atom. The van der Waals surface area contributed by atoms with Crippen molar-refractivity contribution in [2.45, 2.75) is 26.7 Å². The van der Waals surface area contributed by atoms with Gasteiger partial charge in [0.05, 0.1) is 5.92 Å². The molecule has 0 aliphatic carbocycles. The maximum absolute atomic E-state index is 12.0. The van der Waals surface area contributed by atoms with Crippen LogP contribution in [0.25, 0.3) is 0 Å². The van der Waals surface area contributed by atoms with Gasteiger partial charge in [-0.25, -0.2) is 0 Å². The summed E-state index contributed by atoms with van der Waals surface area (Å²) < 4.78 is 0. The van der Waals surface area contributed by atoms with E-state index in [2.05, 4.69) is 5.32 Å². The number of carbonyl (C=O) groups is 2. The summed E-state index contributed by atoms with van der Waals surface area (Å²) in [7, 11) is 0. The third-order valence-corrected chi connectivity index (χ3v) is 3.42. The summed E-state index contributed by atoms with van der Waals surface area (Å²) in [5, 5.41) is 12.2. The van der Waals surface area contributed by atoms with E-state index < -0.39 is 11.9 Å². The molecule has 0 aliphatic rings. The van der Waals surface area contributed by atoms with E-state index in [4.69, 9.17) is 16.7 Å². The first-order valence-electron chi connectivity index (χ1n) is 6.23. The SMILES string of the molecule is CCCC(CNC(=O)c1cccc(Cl)c1C)C(=O)O. The Kier molecular flexibility index (Phi) is 5.83. The maximum atomic E-state index is 12.0. The third-order valence-electron chi connectivity index (χ3n) is 3.01. The molecule has 0 aromatic heterocycles. The molecule has 0 fully saturated rings. The van der Waals surface area contributed by atoms with E-state index in [9.17, 15) is 9.59 Å². The smallest absolute Gasteiger partial charge is 0.308 e. The number of halogens is 1. The lowest BCUT2D eigenvalue weighted by molar-refractivity contribution is -0.141. The topological polar surface area (TPSA) is 66.4 Å². The third kappa shape index (κ3) is 4.24. The summed E-state index contributed by atoms with van der Waals surface area (Å²) in [6, 6.07) is 5.09. The van der Waals surface area contributed by atoms with Gasteiger partial charge in [-0.3, -0.25) is 9.59 Å². The molecule has 0 bridgehead atoms. The van der Waals surface area contributed by atoms with Crippen LogP contribution in [-0.4, -0.2) is 23.5 Å². The first-order valence-corrected chi connectivity index (χ1v) is 6.61. The Bertz CT molecular complexity index is 474. The fraction of sp³-hybridized carbons (Fsp3) is 0.429. The van der Waals surface area contributed by atoms with Crippen molar-refractivity contribution in [1.29, 1.82) is 0 Å². The summed E-state index contributed by atoms with van der Waals surface area (Å²) in [6.45, 7) is 3.81. The molecule has 1 rings (SSSR count). The minimum absolute atomic E-state index is 0.133. The van der Waals surface area contributed by atoms with E-state index in [0.29, 0.717) is 22.6 Å². The second-order valence-corrected chi connectivity index (χ2v) is 4.85. The molecule has 19 heavy (non-hydrogen) atoms. The molecule has 1 aromatic carbocycles. The van der Waals surface area contributed by atoms with Gasteiger partial charge in [0, 0.05) is 17.1 Å². The van der Waals surface area contributed by atoms with Crippen molar-refractivity contribution in [3.63, 3.8) is 0 Å². The van der Waals surface area contributed by atoms with Crippen molar-refractivity contribution in [2.24, 2.45) is 5.92 Å². The lowest BCUT2D eigenvalue weighted by Gasteiger charge is -2.13. The van der Waals surface area contributed by atoms with Gasteiger partial charge in [0.2, 0.25) is 0 Å². The monoisotopic (exact) mass is 283 g/mol. The molecule has 1 amide bonds. The molecule has 0 heterocycles. The van der Waals surface area contributed by atoms with Gasteiger partial charge in [-0.1, -0.05) is 31.0 Å². The number of hydrogen-bond donors (Lipinski definition) is 2. The largest absolute Gasteiger partial charge is 0.481 e. The Morgan fingerprint density at radius 3 is 2.68 bits per heavy atom. The zero-order valence-corrected chi connectivity index (χ0v) is 11.8. The Hall–Kier alpha value is -1.55. The summed E-state index contributed by atoms with van der Waals surface area (Å²) >= 11 is 5.95. The van der Waals surface area contributed by atoms with Crippen LogP contribution in [0.3, 0.4) is 0 Å². The molecule has 1 aromatic rings. The van der Waals surface area contributed by atoms with Gasteiger partial charge >= 0.3 is 5.97 Å². The molecule has 1 atom stereocenters. The molecule has 4 nitrogen and oxygen atoms in total. The highest BCUT2D eigenvalue weighted by Crippen LogP contribution is 2.18. The maximum Gasteiger partial charge on any atom is 0.308 e. The van der Waals surface area contributed by atoms with Gasteiger partial charge < -0.3 is 10.4 Å². The quantitative estimate of drug-likeness (QED) is 0.843. The Balaban J connectivity index is 2.69. The average Bonchev–Trinajstić information content (AvgIpc) is 2.37. The highest BCUT2D eigenvalue weighted by atomic mass is 35.5. The predicted molar refractivity (Wildman–Crippen MR) is 74.6 cm³/mol. The first-order chi connectivity index (χ1) is 8.97. The van der Waals surface area contributed by atoms with Crippen molar-refractivity contribution < 1.29 is 14.7 Å². The van der Waals surface area contributed by atoms with E-state index in [-0.39, 0.29) is 12.5 Å². The van der Waals surface area contributed by atoms with Crippen molar-refractivity contribution in [3.05, 3.63) is 34.3 Å². The number of carbonyl (C=O) groups excluding carboxylic acids is 1. The second kappa shape index (κ2) is 7.14. The van der Waals surface area contributed by atoms with E-state index in [1.807, 2.05) is 6.92 Å². The van der Waals surface area contributed by atoms with Gasteiger partial charge in [0.1, 0.15) is 0 Å². The Labute approximate surface area is 117 Å². The molecule has 2 N–H and O–H groups in total. The van der Waals surface area contributed by atoms with Crippen molar-refractivity contribution in [1.82, 2.24) is 5.32 Å². The van der Waals surface area contributed by atoms with Gasteiger partial charge in [-0.2, -0.15) is 0 Å². The molecule has 0 saturated heterocycles. The van der Waals surface area contributed by atoms with Crippen LogP contribution in [0.2, 0.25) is 5.02 Å². The van der Waals surface area contributed by atoms with Crippen LogP contribution in [0.5, 0.6) is 0 Å². The summed E-state index contributed by atoms with van der Waals surface area (Å²) in [5.74, 6) is -1.72. The fourth-order valence-electron chi connectivity index (χ4n) is 1.83. The molecular weight excluding hydrogens is 266 g/mol. The standard InChI is InChI=1S/C14H18ClNO3/c1-3-5-10(14(18)19)8-16-13(17)11-6-4-7-12(15)9(11)2/h4,6-7,10H,3,5,8H2,1-2H3,(H,16,17)(H,18,19). The van der Waals surface area contributed by atoms with Crippen LogP contribution < -0.4 is 5.32 Å². The number of hydrogen-bond acceptors (Lipinski definition) is 2. The number of carboxylic acids is 1. The molecule has 0 spiro atoms. The molecule has 5 heteroatoms. The highest BCUT2D eigenvalue weighted by molar-refractivity contribution is 6.31. The van der Waals surface area contributed by atoms with Crippen molar-refractivity contribution in [3.8, 4) is 0 Å². The lowest BCUT2D eigenvalue weighted by Crippen LogP contribution is -2.33. The molecule has 0 radical (unpaired) electrons. The summed E-state index contributed by atoms with van der Waals surface area (Å²) in [4.78, 5) is 23.0. The summed E-state index contributed by atoms with van der Waals surface area (Å²) in [5.41, 5.74) is 1.18. The number of benzene rings is 1. The Morgan fingerprint density at radius 1 is 1.42 bits per heavy atom. The predicted octanol–water partition coefficient (Wildman–Crippen LogP) is 2.88. The molecule has 0 saturated carbocycles.